The van der Waals surface area contributed by atoms with Crippen molar-refractivity contribution in [2.45, 2.75) is 37.7 Å². The van der Waals surface area contributed by atoms with E-state index in [2.05, 4.69) is 5.32 Å². The van der Waals surface area contributed by atoms with E-state index in [-0.39, 0.29) is 5.92 Å². The van der Waals surface area contributed by atoms with Gasteiger partial charge in [-0.2, -0.15) is 0 Å². The summed E-state index contributed by atoms with van der Waals surface area (Å²) in [6.07, 6.45) is 3.91. The molecule has 5 heteroatoms. The lowest BCUT2D eigenvalue weighted by atomic mass is 9.74. The highest BCUT2D eigenvalue weighted by Gasteiger charge is 2.40. The smallest absolute Gasteiger partial charge is 0.165 e. The van der Waals surface area contributed by atoms with Crippen molar-refractivity contribution in [3.63, 3.8) is 0 Å². The molecule has 1 aromatic rings. The van der Waals surface area contributed by atoms with Gasteiger partial charge in [-0.15, -0.1) is 0 Å². The summed E-state index contributed by atoms with van der Waals surface area (Å²) >= 11 is 0. The number of nitrogens with one attached hydrogen (secondary N) is 1. The molecule has 1 aromatic carbocycles. The lowest BCUT2D eigenvalue weighted by Gasteiger charge is -2.39. The molecule has 2 atom stereocenters. The molecule has 0 saturated carbocycles. The first-order valence-electron chi connectivity index (χ1n) is 7.99. The number of hydrogen-bond donors (Lipinski definition) is 3. The van der Waals surface area contributed by atoms with Gasteiger partial charge in [-0.1, -0.05) is 12.1 Å². The minimum absolute atomic E-state index is 0.0310. The fourth-order valence-corrected chi connectivity index (χ4v) is 3.32. The maximum atomic E-state index is 13.7. The average Bonchev–Trinajstić information content (AvgIpc) is 2.55. The molecule has 0 spiro atoms. The van der Waals surface area contributed by atoms with Crippen molar-refractivity contribution in [2.75, 3.05) is 26.8 Å². The number of aliphatic hydroxyl groups is 1. The van der Waals surface area contributed by atoms with Crippen molar-refractivity contribution in [2.24, 2.45) is 5.92 Å². The quantitative estimate of drug-likeness (QED) is 0.677. The summed E-state index contributed by atoms with van der Waals surface area (Å²) in [4.78, 5) is 0. The molecule has 0 unspecified atom stereocenters. The zero-order valence-corrected chi connectivity index (χ0v) is 13.1. The lowest BCUT2D eigenvalue weighted by molar-refractivity contribution is -0.0452. The second kappa shape index (κ2) is 7.90. The van der Waals surface area contributed by atoms with Crippen molar-refractivity contribution in [1.29, 1.82) is 0 Å². The summed E-state index contributed by atoms with van der Waals surface area (Å²) in [7, 11) is 1.65. The standard InChI is InChI=1S/C17H26FNO3/c1-22-11-3-2-9-17(21,13-6-5-10-19-12-13)14-7-4-8-15(18)16(14)20/h4,7-8,13,19-21H,2-3,5-6,9-12H2,1H3/t13-,17+/m1/s1. The van der Waals surface area contributed by atoms with Crippen LogP contribution in [0.4, 0.5) is 4.39 Å². The highest BCUT2D eigenvalue weighted by molar-refractivity contribution is 5.38. The van der Waals surface area contributed by atoms with Crippen LogP contribution in [0.5, 0.6) is 5.75 Å². The molecule has 1 saturated heterocycles. The second-order valence-corrected chi connectivity index (χ2v) is 6.05. The number of halogens is 1. The van der Waals surface area contributed by atoms with E-state index >= 15 is 0 Å². The summed E-state index contributed by atoms with van der Waals surface area (Å²) in [5.41, 5.74) is -0.911. The Labute approximate surface area is 131 Å². The van der Waals surface area contributed by atoms with Crippen molar-refractivity contribution >= 4 is 0 Å². The Hall–Kier alpha value is -1.17. The predicted octanol–water partition coefficient (Wildman–Crippen LogP) is 2.54. The Balaban J connectivity index is 2.25. The molecule has 0 aromatic heterocycles. The zero-order valence-electron chi connectivity index (χ0n) is 13.1. The van der Waals surface area contributed by atoms with E-state index in [1.165, 1.54) is 6.07 Å². The van der Waals surface area contributed by atoms with Gasteiger partial charge in [-0.3, -0.25) is 0 Å². The van der Waals surface area contributed by atoms with Crippen LogP contribution in [0.1, 0.15) is 37.7 Å². The van der Waals surface area contributed by atoms with Crippen LogP contribution in [0.2, 0.25) is 0 Å². The fourth-order valence-electron chi connectivity index (χ4n) is 3.32. The fraction of sp³-hybridized carbons (Fsp3) is 0.647. The summed E-state index contributed by atoms with van der Waals surface area (Å²) in [6, 6.07) is 4.38. The van der Waals surface area contributed by atoms with Crippen LogP contribution < -0.4 is 5.32 Å². The van der Waals surface area contributed by atoms with Crippen LogP contribution in [0, 0.1) is 11.7 Å². The van der Waals surface area contributed by atoms with Crippen molar-refractivity contribution in [1.82, 2.24) is 5.32 Å². The number of phenolic OH excluding ortho intramolecular Hbond substituents is 1. The normalized spacial score (nSPS) is 21.5. The first-order chi connectivity index (χ1) is 10.6. The van der Waals surface area contributed by atoms with E-state index in [1.54, 1.807) is 19.2 Å². The van der Waals surface area contributed by atoms with Crippen molar-refractivity contribution in [3.8, 4) is 5.75 Å². The number of rotatable bonds is 7. The SMILES string of the molecule is COCCCC[C@@](O)(c1cccc(F)c1O)[C@@H]1CCCNC1. The monoisotopic (exact) mass is 311 g/mol. The number of para-hydroxylation sites is 1. The molecule has 2 rings (SSSR count). The molecular weight excluding hydrogens is 285 g/mol. The molecule has 3 N–H and O–H groups in total. The molecular formula is C17H26FNO3. The van der Waals surface area contributed by atoms with E-state index in [0.29, 0.717) is 25.1 Å². The minimum Gasteiger partial charge on any atom is -0.505 e. The minimum atomic E-state index is -1.21. The average molecular weight is 311 g/mol. The number of benzene rings is 1. The van der Waals surface area contributed by atoms with Crippen LogP contribution >= 0.6 is 0 Å². The number of piperidine rings is 1. The Morgan fingerprint density at radius 1 is 1.41 bits per heavy atom. The van der Waals surface area contributed by atoms with Gasteiger partial charge in [0.25, 0.3) is 0 Å². The Bertz CT molecular complexity index is 477. The molecule has 0 aliphatic carbocycles. The van der Waals surface area contributed by atoms with Gasteiger partial charge in [0.1, 0.15) is 0 Å². The van der Waals surface area contributed by atoms with Gasteiger partial charge >= 0.3 is 0 Å². The number of ether oxygens (including phenoxy) is 1. The molecule has 124 valence electrons. The number of aromatic hydroxyl groups is 1. The third-order valence-corrected chi connectivity index (χ3v) is 4.58. The molecule has 0 bridgehead atoms. The largest absolute Gasteiger partial charge is 0.505 e. The summed E-state index contributed by atoms with van der Waals surface area (Å²) in [5.74, 6) is -1.14. The molecule has 1 aliphatic rings. The highest BCUT2D eigenvalue weighted by Crippen LogP contribution is 2.42. The van der Waals surface area contributed by atoms with Crippen LogP contribution in [-0.2, 0) is 10.3 Å². The lowest BCUT2D eigenvalue weighted by Crippen LogP contribution is -2.44. The van der Waals surface area contributed by atoms with Gasteiger partial charge in [0.15, 0.2) is 11.6 Å². The molecule has 4 nitrogen and oxygen atoms in total. The van der Waals surface area contributed by atoms with Gasteiger partial charge in [0.05, 0.1) is 5.60 Å². The topological polar surface area (TPSA) is 61.7 Å². The Morgan fingerprint density at radius 3 is 2.91 bits per heavy atom. The van der Waals surface area contributed by atoms with Crippen molar-refractivity contribution < 1.29 is 19.3 Å². The van der Waals surface area contributed by atoms with Gasteiger partial charge in [0, 0.05) is 31.7 Å². The first-order valence-corrected chi connectivity index (χ1v) is 7.99. The number of phenols is 1. The third-order valence-electron chi connectivity index (χ3n) is 4.58. The Morgan fingerprint density at radius 2 is 2.23 bits per heavy atom. The second-order valence-electron chi connectivity index (χ2n) is 6.05. The number of unbranched alkanes of at least 4 members (excludes halogenated alkanes) is 1. The number of methoxy groups -OCH3 is 1. The first kappa shape index (κ1) is 17.2. The van der Waals surface area contributed by atoms with Gasteiger partial charge in [-0.25, -0.2) is 4.39 Å². The van der Waals surface area contributed by atoms with Gasteiger partial charge < -0.3 is 20.3 Å². The van der Waals surface area contributed by atoms with E-state index in [1.807, 2.05) is 0 Å². The zero-order chi connectivity index (χ0) is 16.0. The van der Waals surface area contributed by atoms with Crippen LogP contribution in [0.15, 0.2) is 18.2 Å². The maximum Gasteiger partial charge on any atom is 0.165 e. The molecule has 1 heterocycles. The number of hydrogen-bond acceptors (Lipinski definition) is 4. The van der Waals surface area contributed by atoms with E-state index in [9.17, 15) is 14.6 Å². The van der Waals surface area contributed by atoms with Gasteiger partial charge in [0.2, 0.25) is 0 Å². The van der Waals surface area contributed by atoms with Crippen LogP contribution in [-0.4, -0.2) is 37.0 Å². The third kappa shape index (κ3) is 3.77. The van der Waals surface area contributed by atoms with Gasteiger partial charge in [-0.05, 0) is 44.7 Å². The predicted molar refractivity (Wildman–Crippen MR) is 83.3 cm³/mol. The van der Waals surface area contributed by atoms with E-state index in [0.717, 1.165) is 32.2 Å². The van der Waals surface area contributed by atoms with Crippen LogP contribution in [0.3, 0.4) is 0 Å². The summed E-state index contributed by atoms with van der Waals surface area (Å²) in [6.45, 7) is 2.25. The van der Waals surface area contributed by atoms with E-state index < -0.39 is 17.2 Å². The Kier molecular flexibility index (Phi) is 6.17. The maximum absolute atomic E-state index is 13.7. The van der Waals surface area contributed by atoms with Crippen molar-refractivity contribution in [3.05, 3.63) is 29.6 Å². The summed E-state index contributed by atoms with van der Waals surface area (Å²) in [5, 5.41) is 24.7. The highest BCUT2D eigenvalue weighted by atomic mass is 19.1. The molecule has 0 amide bonds. The van der Waals surface area contributed by atoms with E-state index in [4.69, 9.17) is 4.74 Å². The molecule has 1 fully saturated rings. The molecule has 1 aliphatic heterocycles. The van der Waals surface area contributed by atoms with Crippen LogP contribution in [0.25, 0.3) is 0 Å². The summed E-state index contributed by atoms with van der Waals surface area (Å²) < 4.78 is 18.8. The molecule has 22 heavy (non-hydrogen) atoms. The molecule has 0 radical (unpaired) electrons.